The lowest BCUT2D eigenvalue weighted by Crippen LogP contribution is -2.03. The molecule has 0 spiro atoms. The van der Waals surface area contributed by atoms with Crippen molar-refractivity contribution in [1.29, 1.82) is 0 Å². The minimum Gasteiger partial charge on any atom is -0.491 e. The van der Waals surface area contributed by atoms with Gasteiger partial charge in [-0.15, -0.1) is 0 Å². The average Bonchev–Trinajstić information content (AvgIpc) is 2.28. The third-order valence-corrected chi connectivity index (χ3v) is 1.66. The number of hydrogen-bond donors (Lipinski definition) is 2. The first kappa shape index (κ1) is 14.5. The molecule has 4 nitrogen and oxygen atoms in total. The molecule has 0 amide bonds. The van der Waals surface area contributed by atoms with Crippen LogP contribution in [0.15, 0.2) is 18.2 Å². The lowest BCUT2D eigenvalue weighted by atomic mass is 10.1. The van der Waals surface area contributed by atoms with Crippen LogP contribution < -0.4 is 4.74 Å². The van der Waals surface area contributed by atoms with Crippen molar-refractivity contribution in [2.75, 3.05) is 13.2 Å². The Labute approximate surface area is 95.5 Å². The summed E-state index contributed by atoms with van der Waals surface area (Å²) in [4.78, 5) is 10.7. The molecule has 0 saturated carbocycles. The maximum Gasteiger partial charge on any atom is 0.335 e. The Hall–Kier alpha value is -1.55. The van der Waals surface area contributed by atoms with Crippen LogP contribution in [0.25, 0.3) is 0 Å². The van der Waals surface area contributed by atoms with Crippen molar-refractivity contribution in [3.8, 4) is 5.75 Å². The highest BCUT2D eigenvalue weighted by molar-refractivity contribution is 5.88. The fraction of sp³-hybridized carbons (Fsp3) is 0.417. The smallest absolute Gasteiger partial charge is 0.335 e. The number of carbonyl (C=O) groups is 1. The summed E-state index contributed by atoms with van der Waals surface area (Å²) in [5.74, 6) is -0.515. The number of aliphatic hydroxyl groups is 1. The van der Waals surface area contributed by atoms with Gasteiger partial charge in [0.05, 0.1) is 12.2 Å². The van der Waals surface area contributed by atoms with E-state index in [2.05, 4.69) is 0 Å². The zero-order chi connectivity index (χ0) is 12.6. The average molecular weight is 226 g/mol. The standard InChI is InChI=1S/C10H12O4.C2H6/c1-7-4-8(10(12)13)6-9(5-7)14-3-2-11;1-2/h4-6,11H,2-3H2,1H3,(H,12,13);1-2H3. The van der Waals surface area contributed by atoms with Crippen molar-refractivity contribution in [3.63, 3.8) is 0 Å². The Morgan fingerprint density at radius 3 is 2.44 bits per heavy atom. The number of benzene rings is 1. The summed E-state index contributed by atoms with van der Waals surface area (Å²) < 4.78 is 5.11. The Morgan fingerprint density at radius 1 is 1.31 bits per heavy atom. The third kappa shape index (κ3) is 4.79. The van der Waals surface area contributed by atoms with Crippen LogP contribution in [0.4, 0.5) is 0 Å². The molecular weight excluding hydrogens is 208 g/mol. The lowest BCUT2D eigenvalue weighted by molar-refractivity contribution is 0.0696. The first-order valence-corrected chi connectivity index (χ1v) is 5.22. The number of aryl methyl sites for hydroxylation is 1. The summed E-state index contributed by atoms with van der Waals surface area (Å²) in [6.07, 6.45) is 0. The largest absolute Gasteiger partial charge is 0.491 e. The Balaban J connectivity index is 0.00000106. The van der Waals surface area contributed by atoms with Gasteiger partial charge in [0.1, 0.15) is 12.4 Å². The van der Waals surface area contributed by atoms with E-state index in [4.69, 9.17) is 14.9 Å². The third-order valence-electron chi connectivity index (χ3n) is 1.66. The number of rotatable bonds is 4. The molecule has 16 heavy (non-hydrogen) atoms. The van der Waals surface area contributed by atoms with Gasteiger partial charge in [-0.25, -0.2) is 4.79 Å². The van der Waals surface area contributed by atoms with Gasteiger partial charge in [-0.3, -0.25) is 0 Å². The van der Waals surface area contributed by atoms with E-state index in [1.54, 1.807) is 19.1 Å². The molecule has 0 radical (unpaired) electrons. The first-order chi connectivity index (χ1) is 7.63. The monoisotopic (exact) mass is 226 g/mol. The van der Waals surface area contributed by atoms with Gasteiger partial charge in [-0.05, 0) is 30.7 Å². The highest BCUT2D eigenvalue weighted by Gasteiger charge is 2.05. The van der Waals surface area contributed by atoms with Crippen LogP contribution in [0, 0.1) is 6.92 Å². The minimum atomic E-state index is -0.984. The van der Waals surface area contributed by atoms with E-state index in [9.17, 15) is 4.79 Å². The fourth-order valence-corrected chi connectivity index (χ4v) is 1.12. The van der Waals surface area contributed by atoms with Crippen LogP contribution >= 0.6 is 0 Å². The number of ether oxygens (including phenoxy) is 1. The van der Waals surface area contributed by atoms with E-state index >= 15 is 0 Å². The molecule has 1 aromatic carbocycles. The van der Waals surface area contributed by atoms with E-state index in [-0.39, 0.29) is 18.8 Å². The highest BCUT2D eigenvalue weighted by Crippen LogP contribution is 2.16. The molecule has 0 aliphatic rings. The summed E-state index contributed by atoms with van der Waals surface area (Å²) in [6.45, 7) is 5.87. The SMILES string of the molecule is CC.Cc1cc(OCCO)cc(C(=O)O)c1. The van der Waals surface area contributed by atoms with Crippen molar-refractivity contribution in [2.45, 2.75) is 20.8 Å². The molecule has 0 heterocycles. The van der Waals surface area contributed by atoms with Crippen LogP contribution in [0.2, 0.25) is 0 Å². The van der Waals surface area contributed by atoms with Gasteiger partial charge < -0.3 is 14.9 Å². The predicted molar refractivity (Wildman–Crippen MR) is 62.1 cm³/mol. The van der Waals surface area contributed by atoms with Gasteiger partial charge in [0.25, 0.3) is 0 Å². The van der Waals surface area contributed by atoms with Crippen molar-refractivity contribution in [2.24, 2.45) is 0 Å². The molecule has 4 heteroatoms. The van der Waals surface area contributed by atoms with Crippen molar-refractivity contribution in [3.05, 3.63) is 29.3 Å². The second-order valence-corrected chi connectivity index (χ2v) is 2.91. The van der Waals surface area contributed by atoms with Crippen molar-refractivity contribution < 1.29 is 19.7 Å². The van der Waals surface area contributed by atoms with Crippen LogP contribution in [-0.4, -0.2) is 29.4 Å². The summed E-state index contributed by atoms with van der Waals surface area (Å²) in [5.41, 5.74) is 1.01. The zero-order valence-corrected chi connectivity index (χ0v) is 9.86. The second kappa shape index (κ2) is 7.70. The second-order valence-electron chi connectivity index (χ2n) is 2.91. The van der Waals surface area contributed by atoms with E-state index < -0.39 is 5.97 Å². The van der Waals surface area contributed by atoms with Gasteiger partial charge in [0.15, 0.2) is 0 Å². The molecule has 2 N–H and O–H groups in total. The van der Waals surface area contributed by atoms with Gasteiger partial charge in [-0.1, -0.05) is 13.8 Å². The number of hydrogen-bond acceptors (Lipinski definition) is 3. The molecule has 0 aliphatic carbocycles. The maximum absolute atomic E-state index is 10.7. The van der Waals surface area contributed by atoms with E-state index in [1.165, 1.54) is 6.07 Å². The topological polar surface area (TPSA) is 66.8 Å². The molecule has 0 fully saturated rings. The molecule has 0 atom stereocenters. The Morgan fingerprint density at radius 2 is 1.94 bits per heavy atom. The number of carboxylic acids is 1. The molecule has 0 unspecified atom stereocenters. The van der Waals surface area contributed by atoms with Gasteiger partial charge in [0, 0.05) is 0 Å². The van der Waals surface area contributed by atoms with E-state index in [0.717, 1.165) is 5.56 Å². The van der Waals surface area contributed by atoms with Gasteiger partial charge in [-0.2, -0.15) is 0 Å². The van der Waals surface area contributed by atoms with Crippen LogP contribution in [0.3, 0.4) is 0 Å². The molecule has 90 valence electrons. The Kier molecular flexibility index (Phi) is 6.96. The molecule has 1 rings (SSSR count). The van der Waals surface area contributed by atoms with E-state index in [1.807, 2.05) is 13.8 Å². The first-order valence-electron chi connectivity index (χ1n) is 5.22. The number of aliphatic hydroxyl groups excluding tert-OH is 1. The molecule has 0 bridgehead atoms. The van der Waals surface area contributed by atoms with Crippen LogP contribution in [-0.2, 0) is 0 Å². The summed E-state index contributed by atoms with van der Waals surface area (Å²) in [5, 5.41) is 17.3. The quantitative estimate of drug-likeness (QED) is 0.825. The highest BCUT2D eigenvalue weighted by atomic mass is 16.5. The Bertz CT molecular complexity index is 334. The summed E-state index contributed by atoms with van der Waals surface area (Å²) >= 11 is 0. The van der Waals surface area contributed by atoms with Crippen LogP contribution in [0.1, 0.15) is 29.8 Å². The number of carboxylic acid groups (broad SMARTS) is 1. The summed E-state index contributed by atoms with van der Waals surface area (Å²) in [6, 6.07) is 4.72. The lowest BCUT2D eigenvalue weighted by Gasteiger charge is -2.06. The van der Waals surface area contributed by atoms with Gasteiger partial charge >= 0.3 is 5.97 Å². The summed E-state index contributed by atoms with van der Waals surface area (Å²) in [7, 11) is 0. The molecule has 1 aromatic rings. The van der Waals surface area contributed by atoms with Gasteiger partial charge in [0.2, 0.25) is 0 Å². The normalized spacial score (nSPS) is 9.00. The molecule has 0 aliphatic heterocycles. The predicted octanol–water partition coefficient (Wildman–Crippen LogP) is 2.09. The fourth-order valence-electron chi connectivity index (χ4n) is 1.12. The molecular formula is C12H18O4. The zero-order valence-electron chi connectivity index (χ0n) is 9.86. The molecule has 0 saturated heterocycles. The van der Waals surface area contributed by atoms with Crippen molar-refractivity contribution >= 4 is 5.97 Å². The number of aromatic carboxylic acids is 1. The van der Waals surface area contributed by atoms with Crippen molar-refractivity contribution in [1.82, 2.24) is 0 Å². The molecule has 0 aromatic heterocycles. The maximum atomic E-state index is 10.7. The van der Waals surface area contributed by atoms with Crippen LogP contribution in [0.5, 0.6) is 5.75 Å². The van der Waals surface area contributed by atoms with E-state index in [0.29, 0.717) is 5.75 Å². The minimum absolute atomic E-state index is 0.0870.